The molecule has 1 aliphatic carbocycles. The minimum absolute atomic E-state index is 0.0329. The Hall–Kier alpha value is -3.18. The third kappa shape index (κ3) is 3.56. The van der Waals surface area contributed by atoms with Crippen LogP contribution in [0.2, 0.25) is 0 Å². The molecule has 2 aliphatic rings. The third-order valence-corrected chi connectivity index (χ3v) is 7.72. The maximum atomic E-state index is 13.2. The summed E-state index contributed by atoms with van der Waals surface area (Å²) in [7, 11) is 0. The van der Waals surface area contributed by atoms with Gasteiger partial charge in [-0.15, -0.1) is 11.3 Å². The Balaban J connectivity index is 1.75. The Bertz CT molecular complexity index is 1200. The molecule has 0 bridgehead atoms. The predicted molar refractivity (Wildman–Crippen MR) is 123 cm³/mol. The fraction of sp³-hybridized carbons (Fsp3) is 0.417. The number of nitrogens with zero attached hydrogens (tertiary/aromatic N) is 3. The highest BCUT2D eigenvalue weighted by atomic mass is 32.1. The summed E-state index contributed by atoms with van der Waals surface area (Å²) in [4.78, 5) is 40.5. The molecule has 0 spiro atoms. The largest absolute Gasteiger partial charge is 0.331 e. The van der Waals surface area contributed by atoms with Gasteiger partial charge in [0, 0.05) is 22.3 Å². The summed E-state index contributed by atoms with van der Waals surface area (Å²) in [6.07, 6.45) is 6.14. The first-order chi connectivity index (χ1) is 15.2. The minimum Gasteiger partial charge on any atom is -0.308 e. The van der Waals surface area contributed by atoms with E-state index in [1.54, 1.807) is 17.4 Å². The Kier molecular flexibility index (Phi) is 5.78. The Morgan fingerprint density at radius 2 is 1.81 bits per heavy atom. The summed E-state index contributed by atoms with van der Waals surface area (Å²) >= 11 is 1.55. The average molecular weight is 451 g/mol. The van der Waals surface area contributed by atoms with E-state index >= 15 is 0 Å². The molecular weight excluding hydrogens is 424 g/mol. The van der Waals surface area contributed by atoms with Crippen LogP contribution in [0.25, 0.3) is 11.1 Å². The summed E-state index contributed by atoms with van der Waals surface area (Å²) in [6, 6.07) is 3.40. The zero-order valence-corrected chi connectivity index (χ0v) is 19.6. The van der Waals surface area contributed by atoms with Crippen molar-refractivity contribution in [2.24, 2.45) is 0 Å². The normalized spacial score (nSPS) is 18.9. The number of urea groups is 1. The molecule has 2 fully saturated rings. The van der Waals surface area contributed by atoms with Crippen LogP contribution >= 0.6 is 11.3 Å². The second-order valence-electron chi connectivity index (χ2n) is 8.52. The van der Waals surface area contributed by atoms with Crippen molar-refractivity contribution in [1.82, 2.24) is 14.8 Å². The molecule has 4 amide bonds. The van der Waals surface area contributed by atoms with Crippen molar-refractivity contribution in [3.8, 4) is 11.1 Å². The number of hydrogen-bond acceptors (Lipinski definition) is 5. The highest BCUT2D eigenvalue weighted by molar-refractivity contribution is 7.14. The van der Waals surface area contributed by atoms with Gasteiger partial charge in [0.05, 0.1) is 5.56 Å². The first-order valence-corrected chi connectivity index (χ1v) is 11.7. The lowest BCUT2D eigenvalue weighted by atomic mass is 9.93. The third-order valence-electron chi connectivity index (χ3n) is 6.52. The van der Waals surface area contributed by atoms with Crippen LogP contribution in [0, 0.1) is 39.0 Å². The van der Waals surface area contributed by atoms with Gasteiger partial charge in [0.1, 0.15) is 16.6 Å². The van der Waals surface area contributed by atoms with Crippen molar-refractivity contribution in [3.05, 3.63) is 44.6 Å². The maximum Gasteiger partial charge on any atom is 0.331 e. The molecule has 8 heteroatoms. The van der Waals surface area contributed by atoms with Crippen LogP contribution < -0.4 is 5.32 Å². The average Bonchev–Trinajstić information content (AvgIpc) is 3.19. The second kappa shape index (κ2) is 8.40. The Labute approximate surface area is 191 Å². The number of nitrogens with one attached hydrogen (secondary N) is 1. The first kappa shape index (κ1) is 22.0. The van der Waals surface area contributed by atoms with E-state index in [9.17, 15) is 19.6 Å². The van der Waals surface area contributed by atoms with E-state index < -0.39 is 17.8 Å². The smallest absolute Gasteiger partial charge is 0.308 e. The minimum atomic E-state index is -0.669. The molecule has 7 nitrogen and oxygen atoms in total. The molecule has 0 radical (unpaired) electrons. The number of carbonyl (C=O) groups is 3. The molecular formula is C24H26N4O3S. The number of aromatic nitrogens is 1. The molecule has 1 N–H and O–H groups in total. The van der Waals surface area contributed by atoms with Gasteiger partial charge in [0.2, 0.25) is 0 Å². The van der Waals surface area contributed by atoms with E-state index in [2.05, 4.69) is 11.4 Å². The lowest BCUT2D eigenvalue weighted by molar-refractivity contribution is -0.132. The van der Waals surface area contributed by atoms with Gasteiger partial charge in [-0.1, -0.05) is 19.3 Å². The number of carbonyl (C=O) groups excluding carboxylic acids is 3. The summed E-state index contributed by atoms with van der Waals surface area (Å²) in [6.45, 7) is 7.76. The topological polar surface area (TPSA) is 95.2 Å². The predicted octanol–water partition coefficient (Wildman–Crippen LogP) is 4.44. The van der Waals surface area contributed by atoms with E-state index in [1.807, 2.05) is 38.3 Å². The maximum absolute atomic E-state index is 13.2. The monoisotopic (exact) mass is 450 g/mol. The molecule has 4 rings (SSSR count). The zero-order valence-electron chi connectivity index (χ0n) is 18.7. The molecule has 1 aliphatic heterocycles. The molecule has 1 saturated heterocycles. The Morgan fingerprint density at radius 3 is 2.47 bits per heavy atom. The number of hydrogen-bond donors (Lipinski definition) is 1. The highest BCUT2D eigenvalue weighted by Gasteiger charge is 2.40. The SMILES string of the molecule is Cc1sc(-n2c(C)cc(C=C3C(=O)NC(=O)N(C4CCCCC4)C3=O)c2C)c(C#N)c1C. The molecule has 1 saturated carbocycles. The number of imide groups is 2. The van der Waals surface area contributed by atoms with Gasteiger partial charge in [-0.3, -0.25) is 19.8 Å². The van der Waals surface area contributed by atoms with Crippen LogP contribution in [0.1, 0.15) is 65.1 Å². The van der Waals surface area contributed by atoms with E-state index in [0.29, 0.717) is 11.1 Å². The van der Waals surface area contributed by atoms with E-state index in [-0.39, 0.29) is 11.6 Å². The van der Waals surface area contributed by atoms with Crippen LogP contribution in [0.15, 0.2) is 11.6 Å². The van der Waals surface area contributed by atoms with Crippen molar-refractivity contribution in [2.45, 2.75) is 65.8 Å². The molecule has 2 aromatic heterocycles. The van der Waals surface area contributed by atoms with Crippen molar-refractivity contribution in [2.75, 3.05) is 0 Å². The number of thiophene rings is 1. The van der Waals surface area contributed by atoms with E-state index in [1.165, 1.54) is 4.90 Å². The van der Waals surface area contributed by atoms with Crippen molar-refractivity contribution in [1.29, 1.82) is 5.26 Å². The molecule has 3 heterocycles. The number of aryl methyl sites for hydroxylation is 2. The van der Waals surface area contributed by atoms with Gasteiger partial charge < -0.3 is 4.57 Å². The summed E-state index contributed by atoms with van der Waals surface area (Å²) in [5.74, 6) is -1.20. The summed E-state index contributed by atoms with van der Waals surface area (Å²) in [5, 5.41) is 12.8. The van der Waals surface area contributed by atoms with E-state index in [0.717, 1.165) is 58.9 Å². The van der Waals surface area contributed by atoms with Crippen molar-refractivity contribution >= 4 is 35.3 Å². The fourth-order valence-electron chi connectivity index (χ4n) is 4.64. The van der Waals surface area contributed by atoms with Gasteiger partial charge in [-0.05, 0) is 63.8 Å². The van der Waals surface area contributed by atoms with Gasteiger partial charge >= 0.3 is 6.03 Å². The molecule has 32 heavy (non-hydrogen) atoms. The molecule has 0 atom stereocenters. The first-order valence-electron chi connectivity index (χ1n) is 10.8. The van der Waals surface area contributed by atoms with Gasteiger partial charge in [-0.2, -0.15) is 5.26 Å². The molecule has 0 unspecified atom stereocenters. The second-order valence-corrected chi connectivity index (χ2v) is 9.72. The molecule has 166 valence electrons. The summed E-state index contributed by atoms with van der Waals surface area (Å²) < 4.78 is 1.99. The van der Waals surface area contributed by atoms with Crippen LogP contribution in [0.4, 0.5) is 4.79 Å². The van der Waals surface area contributed by atoms with Crippen molar-refractivity contribution in [3.63, 3.8) is 0 Å². The van der Waals surface area contributed by atoms with Crippen LogP contribution in [0.5, 0.6) is 0 Å². The standard InChI is InChI=1S/C24H26N4O3S/c1-13-10-17(15(3)27(13)23-20(12-25)14(2)16(4)32-23)11-19-21(29)26-24(31)28(22(19)30)18-8-6-5-7-9-18/h10-11,18H,5-9H2,1-4H3,(H,26,29,31). The van der Waals surface area contributed by atoms with Crippen LogP contribution in [-0.2, 0) is 9.59 Å². The Morgan fingerprint density at radius 1 is 1.12 bits per heavy atom. The lowest BCUT2D eigenvalue weighted by Gasteiger charge is -2.35. The van der Waals surface area contributed by atoms with Crippen molar-refractivity contribution < 1.29 is 14.4 Å². The number of rotatable bonds is 3. The lowest BCUT2D eigenvalue weighted by Crippen LogP contribution is -2.58. The number of barbiturate groups is 1. The van der Waals surface area contributed by atoms with Gasteiger partial charge in [-0.25, -0.2) is 4.79 Å². The quantitative estimate of drug-likeness (QED) is 0.552. The fourth-order valence-corrected chi connectivity index (χ4v) is 5.86. The van der Waals surface area contributed by atoms with E-state index in [4.69, 9.17) is 0 Å². The summed E-state index contributed by atoms with van der Waals surface area (Å²) in [5.41, 5.74) is 4.00. The van der Waals surface area contributed by atoms with Gasteiger partial charge in [0.25, 0.3) is 11.8 Å². The molecule has 2 aromatic rings. The zero-order chi connectivity index (χ0) is 23.2. The highest BCUT2D eigenvalue weighted by Crippen LogP contribution is 2.34. The molecule has 0 aromatic carbocycles. The number of nitriles is 1. The van der Waals surface area contributed by atoms with Gasteiger partial charge in [0.15, 0.2) is 0 Å². The van der Waals surface area contributed by atoms with Crippen LogP contribution in [0.3, 0.4) is 0 Å². The number of amides is 4. The van der Waals surface area contributed by atoms with Crippen LogP contribution in [-0.4, -0.2) is 33.4 Å².